The third-order valence-corrected chi connectivity index (χ3v) is 9.26. The van der Waals surface area contributed by atoms with Crippen molar-refractivity contribution >= 4 is 27.5 Å². The highest BCUT2D eigenvalue weighted by molar-refractivity contribution is 7.92. The molecule has 9 heteroatoms. The Kier molecular flexibility index (Phi) is 10.0. The number of nitrogens with zero attached hydrogens (tertiary/aromatic N) is 2. The number of rotatable bonds is 12. The minimum absolute atomic E-state index is 0.0509. The number of hydrogen-bond acceptors (Lipinski definition) is 5. The molecule has 1 aliphatic rings. The van der Waals surface area contributed by atoms with E-state index in [-0.39, 0.29) is 29.1 Å². The molecular weight excluding hydrogens is 538 g/mol. The number of carbonyl (C=O) groups is 2. The van der Waals surface area contributed by atoms with E-state index >= 15 is 0 Å². The maximum absolute atomic E-state index is 14.2. The van der Waals surface area contributed by atoms with Crippen LogP contribution in [0.15, 0.2) is 83.8 Å². The summed E-state index contributed by atoms with van der Waals surface area (Å²) in [5.41, 5.74) is 2.13. The molecule has 3 aromatic rings. The van der Waals surface area contributed by atoms with Gasteiger partial charge in [0.2, 0.25) is 11.8 Å². The molecule has 1 saturated carbocycles. The SMILES string of the molecule is CC[C@H](C(=O)NC1CCCC1)N(Cc1cccc(C)c1)C(=O)CN(c1ccccc1OC)S(=O)(=O)c1ccccc1. The molecule has 0 spiro atoms. The largest absolute Gasteiger partial charge is 0.495 e. The third-order valence-electron chi connectivity index (χ3n) is 7.49. The smallest absolute Gasteiger partial charge is 0.264 e. The summed E-state index contributed by atoms with van der Waals surface area (Å²) >= 11 is 0. The van der Waals surface area contributed by atoms with Gasteiger partial charge in [0, 0.05) is 12.6 Å². The number of hydrogen-bond donors (Lipinski definition) is 1. The van der Waals surface area contributed by atoms with Crippen LogP contribution in [0.25, 0.3) is 0 Å². The molecule has 0 aliphatic heterocycles. The van der Waals surface area contributed by atoms with Crippen LogP contribution in [0.4, 0.5) is 5.69 Å². The predicted molar refractivity (Wildman–Crippen MR) is 160 cm³/mol. The Hall–Kier alpha value is -3.85. The summed E-state index contributed by atoms with van der Waals surface area (Å²) < 4.78 is 34.5. The van der Waals surface area contributed by atoms with Crippen molar-refractivity contribution in [1.29, 1.82) is 0 Å². The molecule has 1 atom stereocenters. The highest BCUT2D eigenvalue weighted by atomic mass is 32.2. The van der Waals surface area contributed by atoms with Crippen LogP contribution in [0.3, 0.4) is 0 Å². The summed E-state index contributed by atoms with van der Waals surface area (Å²) in [5.74, 6) is -0.378. The van der Waals surface area contributed by atoms with Crippen molar-refractivity contribution in [3.8, 4) is 5.75 Å². The van der Waals surface area contributed by atoms with Crippen LogP contribution in [0.2, 0.25) is 0 Å². The van der Waals surface area contributed by atoms with Crippen LogP contribution >= 0.6 is 0 Å². The van der Waals surface area contributed by atoms with Gasteiger partial charge in [-0.3, -0.25) is 13.9 Å². The van der Waals surface area contributed by atoms with E-state index in [2.05, 4.69) is 5.32 Å². The van der Waals surface area contributed by atoms with Gasteiger partial charge in [-0.05, 0) is 56.0 Å². The molecule has 8 nitrogen and oxygen atoms in total. The first kappa shape index (κ1) is 30.1. The van der Waals surface area contributed by atoms with Gasteiger partial charge in [-0.25, -0.2) is 8.42 Å². The number of methoxy groups -OCH3 is 1. The van der Waals surface area contributed by atoms with Crippen LogP contribution in [0.1, 0.15) is 50.2 Å². The lowest BCUT2D eigenvalue weighted by molar-refractivity contribution is -0.140. The Morgan fingerprint density at radius 1 is 0.976 bits per heavy atom. The summed E-state index contributed by atoms with van der Waals surface area (Å²) in [4.78, 5) is 29.4. The Morgan fingerprint density at radius 2 is 1.66 bits per heavy atom. The van der Waals surface area contributed by atoms with Crippen LogP contribution in [-0.4, -0.2) is 50.9 Å². The summed E-state index contributed by atoms with van der Waals surface area (Å²) in [5, 5.41) is 3.14. The molecule has 1 N–H and O–H groups in total. The lowest BCUT2D eigenvalue weighted by Gasteiger charge is -2.34. The Morgan fingerprint density at radius 3 is 2.32 bits per heavy atom. The monoisotopic (exact) mass is 577 g/mol. The Bertz CT molecular complexity index is 1440. The Labute approximate surface area is 243 Å². The third kappa shape index (κ3) is 7.27. The average molecular weight is 578 g/mol. The van der Waals surface area contributed by atoms with Crippen LogP contribution in [0.5, 0.6) is 5.75 Å². The molecule has 0 saturated heterocycles. The second kappa shape index (κ2) is 13.7. The molecular formula is C32H39N3O5S. The van der Waals surface area contributed by atoms with E-state index in [1.54, 1.807) is 42.5 Å². The molecule has 4 rings (SSSR count). The molecule has 0 radical (unpaired) electrons. The molecule has 0 aromatic heterocycles. The fourth-order valence-corrected chi connectivity index (χ4v) is 6.81. The van der Waals surface area contributed by atoms with Crippen LogP contribution in [-0.2, 0) is 26.2 Å². The van der Waals surface area contributed by atoms with Crippen molar-refractivity contribution < 1.29 is 22.7 Å². The van der Waals surface area contributed by atoms with Crippen LogP contribution < -0.4 is 14.4 Å². The summed E-state index contributed by atoms with van der Waals surface area (Å²) in [6.45, 7) is 3.50. The van der Waals surface area contributed by atoms with Gasteiger partial charge in [0.25, 0.3) is 10.0 Å². The van der Waals surface area contributed by atoms with E-state index in [1.807, 2.05) is 38.1 Å². The number of ether oxygens (including phenoxy) is 1. The molecule has 2 amide bonds. The van der Waals surface area contributed by atoms with Gasteiger partial charge in [-0.2, -0.15) is 0 Å². The fourth-order valence-electron chi connectivity index (χ4n) is 5.36. The maximum atomic E-state index is 14.2. The maximum Gasteiger partial charge on any atom is 0.264 e. The minimum Gasteiger partial charge on any atom is -0.495 e. The number of carbonyl (C=O) groups excluding carboxylic acids is 2. The number of sulfonamides is 1. The number of amides is 2. The zero-order valence-electron chi connectivity index (χ0n) is 24.0. The van der Waals surface area contributed by atoms with Crippen molar-refractivity contribution in [3.05, 3.63) is 90.0 Å². The zero-order valence-corrected chi connectivity index (χ0v) is 24.8. The second-order valence-corrected chi connectivity index (χ2v) is 12.3. The highest BCUT2D eigenvalue weighted by Gasteiger charge is 2.35. The van der Waals surface area contributed by atoms with Gasteiger partial charge in [-0.1, -0.05) is 79.9 Å². The first-order valence-electron chi connectivity index (χ1n) is 14.1. The molecule has 3 aromatic carbocycles. The van der Waals surface area contributed by atoms with Gasteiger partial charge in [0.15, 0.2) is 0 Å². The standard InChI is InChI=1S/C32H39N3O5S/c1-4-28(32(37)33-26-15-8-9-16-26)34(22-25-14-12-13-24(2)21-25)31(36)23-35(29-19-10-11-20-30(29)40-3)41(38,39)27-17-6-5-7-18-27/h5-7,10-14,17-21,26,28H,4,8-9,15-16,22-23H2,1-3H3,(H,33,37)/t28-/m1/s1. The van der Waals surface area contributed by atoms with Crippen LogP contribution in [0, 0.1) is 6.92 Å². The fraction of sp³-hybridized carbons (Fsp3) is 0.375. The van der Waals surface area contributed by atoms with E-state index in [9.17, 15) is 18.0 Å². The van der Waals surface area contributed by atoms with E-state index in [0.717, 1.165) is 41.1 Å². The number of para-hydroxylation sites is 2. The van der Waals surface area contributed by atoms with Crippen molar-refractivity contribution in [1.82, 2.24) is 10.2 Å². The van der Waals surface area contributed by atoms with Crippen molar-refractivity contribution in [2.75, 3.05) is 18.0 Å². The number of anilines is 1. The van der Waals surface area contributed by atoms with Gasteiger partial charge in [0.05, 0.1) is 17.7 Å². The molecule has 0 heterocycles. The molecule has 1 aliphatic carbocycles. The lowest BCUT2D eigenvalue weighted by atomic mass is 10.1. The van der Waals surface area contributed by atoms with Gasteiger partial charge in [0.1, 0.15) is 18.3 Å². The summed E-state index contributed by atoms with van der Waals surface area (Å²) in [6.07, 6.45) is 4.36. The van der Waals surface area contributed by atoms with E-state index in [4.69, 9.17) is 4.74 Å². The first-order valence-corrected chi connectivity index (χ1v) is 15.5. The number of benzene rings is 3. The van der Waals surface area contributed by atoms with E-state index < -0.39 is 28.5 Å². The molecule has 0 unspecified atom stereocenters. The zero-order chi connectivity index (χ0) is 29.4. The normalized spacial score (nSPS) is 14.3. The summed E-state index contributed by atoms with van der Waals surface area (Å²) in [6, 6.07) is 21.8. The molecule has 218 valence electrons. The van der Waals surface area contributed by atoms with E-state index in [1.165, 1.54) is 24.1 Å². The number of nitrogens with one attached hydrogen (secondary N) is 1. The quantitative estimate of drug-likeness (QED) is 0.325. The lowest BCUT2D eigenvalue weighted by Crippen LogP contribution is -2.53. The molecule has 1 fully saturated rings. The molecule has 0 bridgehead atoms. The molecule has 41 heavy (non-hydrogen) atoms. The number of aryl methyl sites for hydroxylation is 1. The van der Waals surface area contributed by atoms with Gasteiger partial charge < -0.3 is 15.0 Å². The second-order valence-electron chi connectivity index (χ2n) is 10.4. The van der Waals surface area contributed by atoms with Crippen molar-refractivity contribution in [2.24, 2.45) is 0 Å². The van der Waals surface area contributed by atoms with Crippen molar-refractivity contribution in [2.45, 2.75) is 69.5 Å². The van der Waals surface area contributed by atoms with Crippen molar-refractivity contribution in [3.63, 3.8) is 0 Å². The van der Waals surface area contributed by atoms with Gasteiger partial charge >= 0.3 is 0 Å². The predicted octanol–water partition coefficient (Wildman–Crippen LogP) is 5.07. The van der Waals surface area contributed by atoms with E-state index in [0.29, 0.717) is 12.2 Å². The first-order chi connectivity index (χ1) is 19.7. The summed E-state index contributed by atoms with van der Waals surface area (Å²) in [7, 11) is -2.70. The minimum atomic E-state index is -4.16. The average Bonchev–Trinajstić information content (AvgIpc) is 3.49. The topological polar surface area (TPSA) is 96.0 Å². The Balaban J connectivity index is 1.73. The highest BCUT2D eigenvalue weighted by Crippen LogP contribution is 2.32. The van der Waals surface area contributed by atoms with Gasteiger partial charge in [-0.15, -0.1) is 0 Å².